The van der Waals surface area contributed by atoms with Crippen molar-refractivity contribution in [1.82, 2.24) is 4.90 Å². The lowest BCUT2D eigenvalue weighted by molar-refractivity contribution is 0.318. The zero-order chi connectivity index (χ0) is 5.86. The van der Waals surface area contributed by atoms with Crippen LogP contribution < -0.4 is 0 Å². The molecule has 0 spiro atoms. The Morgan fingerprint density at radius 2 is 2.00 bits per heavy atom. The minimum atomic E-state index is 0.567. The van der Waals surface area contributed by atoms with Crippen LogP contribution in [0.2, 0.25) is 0 Å². The van der Waals surface area contributed by atoms with Crippen molar-refractivity contribution in [3.8, 4) is 0 Å². The predicted octanol–water partition coefficient (Wildman–Crippen LogP) is 1.52. The average Bonchev–Trinajstić information content (AvgIpc) is 1.65. The summed E-state index contributed by atoms with van der Waals surface area (Å²) in [5, 5.41) is 0. The Balaban J connectivity index is 3.14. The summed E-state index contributed by atoms with van der Waals surface area (Å²) in [5.74, 6) is 0. The molecule has 0 atom stereocenters. The van der Waals surface area contributed by atoms with E-state index in [1.54, 1.807) is 0 Å². The molecule has 0 saturated carbocycles. The highest BCUT2D eigenvalue weighted by Gasteiger charge is 1.97. The average molecular weight is 122 g/mol. The topological polar surface area (TPSA) is 3.24 Å². The molecular formula is C5H12ClN. The number of rotatable bonds is 2. The minimum absolute atomic E-state index is 0.567. The van der Waals surface area contributed by atoms with Crippen molar-refractivity contribution < 1.29 is 0 Å². The molecule has 0 radical (unpaired) electrons. The van der Waals surface area contributed by atoms with E-state index >= 15 is 0 Å². The van der Waals surface area contributed by atoms with E-state index in [1.807, 2.05) is 7.05 Å². The summed E-state index contributed by atoms with van der Waals surface area (Å²) in [5.41, 5.74) is 0. The van der Waals surface area contributed by atoms with Crippen molar-refractivity contribution in [1.29, 1.82) is 0 Å². The first-order valence-electron chi connectivity index (χ1n) is 2.44. The highest BCUT2D eigenvalue weighted by atomic mass is 35.5. The van der Waals surface area contributed by atoms with E-state index in [4.69, 9.17) is 11.6 Å². The molecule has 0 unspecified atom stereocenters. The standard InChI is InChI=1S/C5H12ClN/c1-5(2)7(3)4-6/h5H,4H2,1-3H3. The Morgan fingerprint density at radius 3 is 2.00 bits per heavy atom. The van der Waals surface area contributed by atoms with Gasteiger partial charge in [0.1, 0.15) is 0 Å². The molecule has 0 bridgehead atoms. The lowest BCUT2D eigenvalue weighted by Gasteiger charge is -2.16. The molecule has 0 aromatic heterocycles. The van der Waals surface area contributed by atoms with Crippen LogP contribution in [0.1, 0.15) is 13.8 Å². The third-order valence-corrected chi connectivity index (χ3v) is 1.45. The first-order valence-corrected chi connectivity index (χ1v) is 2.98. The van der Waals surface area contributed by atoms with Crippen LogP contribution in [-0.2, 0) is 0 Å². The highest BCUT2D eigenvalue weighted by Crippen LogP contribution is 1.92. The van der Waals surface area contributed by atoms with E-state index in [-0.39, 0.29) is 0 Å². The minimum Gasteiger partial charge on any atom is -0.291 e. The van der Waals surface area contributed by atoms with Crippen molar-refractivity contribution in [2.24, 2.45) is 0 Å². The van der Waals surface area contributed by atoms with Gasteiger partial charge >= 0.3 is 0 Å². The first kappa shape index (κ1) is 7.25. The highest BCUT2D eigenvalue weighted by molar-refractivity contribution is 6.17. The van der Waals surface area contributed by atoms with Gasteiger partial charge in [0.25, 0.3) is 0 Å². The maximum absolute atomic E-state index is 5.47. The van der Waals surface area contributed by atoms with E-state index < -0.39 is 0 Å². The van der Waals surface area contributed by atoms with Gasteiger partial charge in [0.2, 0.25) is 0 Å². The van der Waals surface area contributed by atoms with Crippen LogP contribution in [0, 0.1) is 0 Å². The number of nitrogens with zero attached hydrogens (tertiary/aromatic N) is 1. The third-order valence-electron chi connectivity index (χ3n) is 1.07. The van der Waals surface area contributed by atoms with Crippen molar-refractivity contribution in [3.63, 3.8) is 0 Å². The van der Waals surface area contributed by atoms with Gasteiger partial charge in [-0.1, -0.05) is 0 Å². The van der Waals surface area contributed by atoms with Gasteiger partial charge in [0.15, 0.2) is 0 Å². The van der Waals surface area contributed by atoms with Crippen LogP contribution in [0.4, 0.5) is 0 Å². The molecular weight excluding hydrogens is 110 g/mol. The van der Waals surface area contributed by atoms with E-state index in [0.717, 1.165) is 0 Å². The molecule has 0 amide bonds. The van der Waals surface area contributed by atoms with Gasteiger partial charge in [-0.05, 0) is 20.9 Å². The summed E-state index contributed by atoms with van der Waals surface area (Å²) >= 11 is 5.47. The van der Waals surface area contributed by atoms with Gasteiger partial charge in [0, 0.05) is 6.04 Å². The fourth-order valence-corrected chi connectivity index (χ4v) is 0.414. The SMILES string of the molecule is CC(C)N(C)CCl. The van der Waals surface area contributed by atoms with Crippen molar-refractivity contribution in [2.75, 3.05) is 13.1 Å². The van der Waals surface area contributed by atoms with Crippen LogP contribution >= 0.6 is 11.6 Å². The molecule has 0 rings (SSSR count). The molecule has 0 fully saturated rings. The van der Waals surface area contributed by atoms with Crippen molar-refractivity contribution >= 4 is 11.6 Å². The number of alkyl halides is 1. The van der Waals surface area contributed by atoms with Crippen molar-refractivity contribution in [3.05, 3.63) is 0 Å². The second-order valence-corrected chi connectivity index (χ2v) is 2.21. The van der Waals surface area contributed by atoms with Gasteiger partial charge in [-0.3, -0.25) is 4.90 Å². The largest absolute Gasteiger partial charge is 0.291 e. The van der Waals surface area contributed by atoms with Gasteiger partial charge < -0.3 is 0 Å². The normalized spacial score (nSPS) is 11.1. The fraction of sp³-hybridized carbons (Fsp3) is 1.00. The monoisotopic (exact) mass is 121 g/mol. The molecule has 2 heteroatoms. The van der Waals surface area contributed by atoms with Crippen LogP contribution in [-0.4, -0.2) is 24.0 Å². The van der Waals surface area contributed by atoms with E-state index in [1.165, 1.54) is 0 Å². The lowest BCUT2D eigenvalue weighted by atomic mass is 10.4. The second kappa shape index (κ2) is 3.28. The number of hydrogen-bond donors (Lipinski definition) is 0. The molecule has 7 heavy (non-hydrogen) atoms. The Bertz CT molecular complexity index is 45.3. The molecule has 44 valence electrons. The summed E-state index contributed by atoms with van der Waals surface area (Å²) in [6.07, 6.45) is 0. The van der Waals surface area contributed by atoms with Gasteiger partial charge in [-0.25, -0.2) is 0 Å². The molecule has 1 nitrogen and oxygen atoms in total. The molecule has 0 aliphatic heterocycles. The van der Waals surface area contributed by atoms with Gasteiger partial charge in [-0.15, -0.1) is 11.6 Å². The molecule has 0 aromatic carbocycles. The van der Waals surface area contributed by atoms with E-state index in [9.17, 15) is 0 Å². The summed E-state index contributed by atoms with van der Waals surface area (Å²) in [6, 6.07) is 1.19. The zero-order valence-corrected chi connectivity index (χ0v) is 5.87. The maximum atomic E-state index is 5.47. The molecule has 0 aromatic rings. The second-order valence-electron chi connectivity index (χ2n) is 1.97. The summed E-state index contributed by atoms with van der Waals surface area (Å²) < 4.78 is 0. The Morgan fingerprint density at radius 1 is 1.57 bits per heavy atom. The summed E-state index contributed by atoms with van der Waals surface area (Å²) in [7, 11) is 2.00. The quantitative estimate of drug-likeness (QED) is 0.396. The molecule has 0 saturated heterocycles. The van der Waals surface area contributed by atoms with Crippen LogP contribution in [0.15, 0.2) is 0 Å². The maximum Gasteiger partial charge on any atom is 0.0738 e. The Labute approximate surface area is 50.3 Å². The molecule has 0 aliphatic carbocycles. The molecule has 0 aliphatic rings. The number of halogens is 1. The summed E-state index contributed by atoms with van der Waals surface area (Å²) in [6.45, 7) is 4.23. The summed E-state index contributed by atoms with van der Waals surface area (Å²) in [4.78, 5) is 2.06. The Hall–Kier alpha value is 0.250. The predicted molar refractivity (Wildman–Crippen MR) is 33.6 cm³/mol. The van der Waals surface area contributed by atoms with Crippen LogP contribution in [0.5, 0.6) is 0 Å². The third kappa shape index (κ3) is 2.89. The first-order chi connectivity index (χ1) is 3.18. The smallest absolute Gasteiger partial charge is 0.0738 e. The van der Waals surface area contributed by atoms with E-state index in [2.05, 4.69) is 18.7 Å². The Kier molecular flexibility index (Phi) is 3.39. The molecule has 0 heterocycles. The van der Waals surface area contributed by atoms with Gasteiger partial charge in [-0.2, -0.15) is 0 Å². The lowest BCUT2D eigenvalue weighted by Crippen LogP contribution is -2.24. The van der Waals surface area contributed by atoms with Crippen LogP contribution in [0.3, 0.4) is 0 Å². The van der Waals surface area contributed by atoms with Gasteiger partial charge in [0.05, 0.1) is 6.00 Å². The van der Waals surface area contributed by atoms with E-state index in [0.29, 0.717) is 12.0 Å². The van der Waals surface area contributed by atoms with Crippen molar-refractivity contribution in [2.45, 2.75) is 19.9 Å². The zero-order valence-electron chi connectivity index (χ0n) is 5.11. The fourth-order valence-electron chi connectivity index (χ4n) is 0.138. The number of hydrogen-bond acceptors (Lipinski definition) is 1. The molecule has 0 N–H and O–H groups in total. The van der Waals surface area contributed by atoms with Crippen LogP contribution in [0.25, 0.3) is 0 Å².